The van der Waals surface area contributed by atoms with Crippen LogP contribution in [0.4, 0.5) is 5.69 Å². The number of ether oxygens (including phenoxy) is 2. The van der Waals surface area contributed by atoms with E-state index in [0.717, 1.165) is 0 Å². The third-order valence-corrected chi connectivity index (χ3v) is 6.27. The second kappa shape index (κ2) is 11.4. The Kier molecular flexibility index (Phi) is 8.39. The van der Waals surface area contributed by atoms with Crippen molar-refractivity contribution in [3.63, 3.8) is 0 Å². The van der Waals surface area contributed by atoms with Gasteiger partial charge in [-0.25, -0.2) is 17.9 Å². The van der Waals surface area contributed by atoms with Crippen LogP contribution in [0.2, 0.25) is 0 Å². The highest BCUT2D eigenvalue weighted by atomic mass is 32.2. The Morgan fingerprint density at radius 1 is 0.912 bits per heavy atom. The van der Waals surface area contributed by atoms with E-state index in [4.69, 9.17) is 9.47 Å². The number of anilines is 1. The fourth-order valence-corrected chi connectivity index (χ4v) is 4.28. The van der Waals surface area contributed by atoms with E-state index < -0.39 is 28.0 Å². The number of rotatable bonds is 10. The van der Waals surface area contributed by atoms with Gasteiger partial charge in [0.25, 0.3) is 5.91 Å². The van der Waals surface area contributed by atoms with Gasteiger partial charge in [-0.05, 0) is 37.3 Å². The molecule has 8 nitrogen and oxygen atoms in total. The number of hydrogen-bond acceptors (Lipinski definition) is 6. The van der Waals surface area contributed by atoms with Crippen molar-refractivity contribution in [2.75, 3.05) is 18.5 Å². The molecule has 1 amide bonds. The third-order valence-electron chi connectivity index (χ3n) is 4.72. The molecule has 34 heavy (non-hydrogen) atoms. The molecule has 3 aromatic rings. The molecule has 1 unspecified atom stereocenters. The second-order valence-electron chi connectivity index (χ2n) is 7.14. The van der Waals surface area contributed by atoms with Gasteiger partial charge in [-0.1, -0.05) is 55.5 Å². The maximum absolute atomic E-state index is 13.2. The van der Waals surface area contributed by atoms with E-state index in [1.165, 1.54) is 24.3 Å². The largest absolute Gasteiger partial charge is 0.492 e. The lowest BCUT2D eigenvalue weighted by Crippen LogP contribution is -2.26. The molecule has 0 spiro atoms. The van der Waals surface area contributed by atoms with Crippen molar-refractivity contribution >= 4 is 27.6 Å². The summed E-state index contributed by atoms with van der Waals surface area (Å²) >= 11 is 0. The molecule has 3 rings (SSSR count). The Morgan fingerprint density at radius 3 is 2.32 bits per heavy atom. The molecule has 3 aromatic carbocycles. The summed E-state index contributed by atoms with van der Waals surface area (Å²) in [6, 6.07) is 20.9. The highest BCUT2D eigenvalue weighted by Crippen LogP contribution is 2.27. The lowest BCUT2D eigenvalue weighted by atomic mass is 10.1. The molecular formula is C25H26N2O6S. The van der Waals surface area contributed by atoms with Crippen LogP contribution < -0.4 is 14.8 Å². The summed E-state index contributed by atoms with van der Waals surface area (Å²) in [5, 5.41) is 2.76. The number of esters is 1. The van der Waals surface area contributed by atoms with E-state index in [1.807, 2.05) is 6.92 Å². The minimum atomic E-state index is -3.77. The van der Waals surface area contributed by atoms with E-state index in [2.05, 4.69) is 10.0 Å². The normalized spacial score (nSPS) is 11.9. The summed E-state index contributed by atoms with van der Waals surface area (Å²) in [6.07, 6.45) is -1.28. The standard InChI is InChI=1S/C25H26N2O6S/c1-3-26-34(30,31)20-14-10-13-19(17-20)25(29)33-23(18-11-6-5-7-12-18)24(28)27-21-15-8-9-16-22(21)32-4-2/h5-17,23,26H,3-4H2,1-2H3,(H,27,28). The van der Waals surface area contributed by atoms with Crippen LogP contribution in [-0.4, -0.2) is 33.4 Å². The van der Waals surface area contributed by atoms with Crippen molar-refractivity contribution in [2.24, 2.45) is 0 Å². The number of hydrogen-bond donors (Lipinski definition) is 2. The minimum absolute atomic E-state index is 0.00225. The number of para-hydroxylation sites is 2. The van der Waals surface area contributed by atoms with Gasteiger partial charge in [0.05, 0.1) is 22.8 Å². The van der Waals surface area contributed by atoms with E-state index in [9.17, 15) is 18.0 Å². The van der Waals surface area contributed by atoms with Gasteiger partial charge in [0.15, 0.2) is 0 Å². The smallest absolute Gasteiger partial charge is 0.339 e. The van der Waals surface area contributed by atoms with Crippen LogP contribution in [0.15, 0.2) is 83.8 Å². The third kappa shape index (κ3) is 6.21. The molecule has 0 fully saturated rings. The van der Waals surface area contributed by atoms with Crippen molar-refractivity contribution in [1.29, 1.82) is 0 Å². The van der Waals surface area contributed by atoms with E-state index in [-0.39, 0.29) is 17.0 Å². The fraction of sp³-hybridized carbons (Fsp3) is 0.200. The van der Waals surface area contributed by atoms with Crippen molar-refractivity contribution in [1.82, 2.24) is 4.72 Å². The predicted octanol–water partition coefficient (Wildman–Crippen LogP) is 3.92. The molecule has 0 aliphatic heterocycles. The zero-order valence-electron chi connectivity index (χ0n) is 18.9. The molecule has 0 bridgehead atoms. The molecule has 0 aromatic heterocycles. The molecule has 0 aliphatic rings. The average Bonchev–Trinajstić information content (AvgIpc) is 2.84. The van der Waals surface area contributed by atoms with Gasteiger partial charge in [-0.3, -0.25) is 4.79 Å². The van der Waals surface area contributed by atoms with Crippen molar-refractivity contribution < 1.29 is 27.5 Å². The van der Waals surface area contributed by atoms with Crippen molar-refractivity contribution in [3.8, 4) is 5.75 Å². The summed E-state index contributed by atoms with van der Waals surface area (Å²) in [7, 11) is -3.77. The quantitative estimate of drug-likeness (QED) is 0.424. The molecule has 0 aliphatic carbocycles. The average molecular weight is 483 g/mol. The number of carbonyl (C=O) groups is 2. The van der Waals surface area contributed by atoms with Crippen molar-refractivity contribution in [3.05, 3.63) is 90.0 Å². The molecule has 2 N–H and O–H groups in total. The second-order valence-corrected chi connectivity index (χ2v) is 8.91. The Labute approximate surface area is 199 Å². The molecule has 9 heteroatoms. The zero-order chi connectivity index (χ0) is 24.6. The Morgan fingerprint density at radius 2 is 1.62 bits per heavy atom. The maximum Gasteiger partial charge on any atom is 0.339 e. The van der Waals surface area contributed by atoms with Crippen LogP contribution in [0.25, 0.3) is 0 Å². The fourth-order valence-electron chi connectivity index (χ4n) is 3.19. The minimum Gasteiger partial charge on any atom is -0.492 e. The van der Waals surface area contributed by atoms with E-state index in [0.29, 0.717) is 23.6 Å². The first kappa shape index (κ1) is 24.9. The summed E-state index contributed by atoms with van der Waals surface area (Å²) in [5.74, 6) is -0.934. The van der Waals surface area contributed by atoms with Crippen molar-refractivity contribution in [2.45, 2.75) is 24.8 Å². The Balaban J connectivity index is 1.88. The summed E-state index contributed by atoms with van der Waals surface area (Å²) < 4.78 is 38.1. The zero-order valence-corrected chi connectivity index (χ0v) is 19.7. The van der Waals surface area contributed by atoms with Gasteiger partial charge in [0.1, 0.15) is 5.75 Å². The van der Waals surface area contributed by atoms with Gasteiger partial charge in [-0.15, -0.1) is 0 Å². The molecule has 0 radical (unpaired) electrons. The lowest BCUT2D eigenvalue weighted by Gasteiger charge is -2.19. The van der Waals surface area contributed by atoms with Crippen LogP contribution in [0.1, 0.15) is 35.9 Å². The molecule has 0 saturated heterocycles. The molecular weight excluding hydrogens is 456 g/mol. The topological polar surface area (TPSA) is 111 Å². The monoisotopic (exact) mass is 482 g/mol. The van der Waals surface area contributed by atoms with Crippen LogP contribution >= 0.6 is 0 Å². The van der Waals surface area contributed by atoms with Gasteiger partial charge < -0.3 is 14.8 Å². The first-order valence-electron chi connectivity index (χ1n) is 10.7. The van der Waals surface area contributed by atoms with Crippen LogP contribution in [0, 0.1) is 0 Å². The number of carbonyl (C=O) groups excluding carboxylic acids is 2. The first-order valence-corrected chi connectivity index (χ1v) is 12.2. The highest BCUT2D eigenvalue weighted by molar-refractivity contribution is 7.89. The van der Waals surface area contributed by atoms with Gasteiger partial charge in [0, 0.05) is 12.1 Å². The summed E-state index contributed by atoms with van der Waals surface area (Å²) in [6.45, 7) is 4.10. The number of amides is 1. The molecule has 0 saturated carbocycles. The van der Waals surface area contributed by atoms with Gasteiger partial charge >= 0.3 is 5.97 Å². The first-order chi connectivity index (χ1) is 16.4. The van der Waals surface area contributed by atoms with Crippen LogP contribution in [-0.2, 0) is 19.6 Å². The van der Waals surface area contributed by atoms with Gasteiger partial charge in [0.2, 0.25) is 16.1 Å². The molecule has 1 atom stereocenters. The Bertz CT molecular complexity index is 1250. The number of nitrogens with one attached hydrogen (secondary N) is 2. The number of sulfonamides is 1. The highest BCUT2D eigenvalue weighted by Gasteiger charge is 2.27. The van der Waals surface area contributed by atoms with Crippen LogP contribution in [0.5, 0.6) is 5.75 Å². The van der Waals surface area contributed by atoms with Gasteiger partial charge in [-0.2, -0.15) is 0 Å². The van der Waals surface area contributed by atoms with E-state index >= 15 is 0 Å². The predicted molar refractivity (Wildman–Crippen MR) is 128 cm³/mol. The Hall–Kier alpha value is -3.69. The molecule has 0 heterocycles. The van der Waals surface area contributed by atoms with Crippen LogP contribution in [0.3, 0.4) is 0 Å². The SMILES string of the molecule is CCNS(=O)(=O)c1cccc(C(=O)OC(C(=O)Nc2ccccc2OCC)c2ccccc2)c1. The maximum atomic E-state index is 13.2. The summed E-state index contributed by atoms with van der Waals surface area (Å²) in [4.78, 5) is 26.1. The number of benzene rings is 3. The summed E-state index contributed by atoms with van der Waals surface area (Å²) in [5.41, 5.74) is 0.895. The molecule has 178 valence electrons. The van der Waals surface area contributed by atoms with E-state index in [1.54, 1.807) is 61.5 Å². The lowest BCUT2D eigenvalue weighted by molar-refractivity contribution is -0.125.